The molecule has 3 aromatic carbocycles. The monoisotopic (exact) mass is 319 g/mol. The number of hydrogen-bond acceptors (Lipinski definition) is 3. The Morgan fingerprint density at radius 2 is 1.75 bits per heavy atom. The minimum Gasteiger partial charge on any atom is -0.361 e. The number of amides is 2. The molecular formula is C20H17NO3. The number of benzene rings is 3. The van der Waals surface area contributed by atoms with E-state index in [4.69, 9.17) is 4.74 Å². The Bertz CT molecular complexity index is 989. The van der Waals surface area contributed by atoms with Crippen molar-refractivity contribution in [2.75, 3.05) is 7.11 Å². The van der Waals surface area contributed by atoms with Crippen LogP contribution in [0.1, 0.15) is 34.1 Å². The van der Waals surface area contributed by atoms with Gasteiger partial charge in [0.05, 0.1) is 5.56 Å². The van der Waals surface area contributed by atoms with Crippen molar-refractivity contribution in [2.45, 2.75) is 19.6 Å². The molecule has 1 heterocycles. The van der Waals surface area contributed by atoms with Crippen LogP contribution in [0.5, 0.6) is 0 Å². The predicted octanol–water partition coefficient (Wildman–Crippen LogP) is 3.97. The number of imide groups is 1. The van der Waals surface area contributed by atoms with Gasteiger partial charge in [-0.2, -0.15) is 0 Å². The molecule has 0 saturated carbocycles. The van der Waals surface area contributed by atoms with Crippen LogP contribution in [0.4, 0.5) is 0 Å². The third-order valence-electron chi connectivity index (χ3n) is 4.68. The minimum atomic E-state index is -0.563. The number of carbonyl (C=O) groups is 2. The summed E-state index contributed by atoms with van der Waals surface area (Å²) in [5, 5.41) is 3.51. The van der Waals surface area contributed by atoms with Gasteiger partial charge in [0.1, 0.15) is 6.23 Å². The normalized spacial score (nSPS) is 15.3. The molecule has 0 spiro atoms. The summed E-state index contributed by atoms with van der Waals surface area (Å²) >= 11 is 0. The molecule has 0 N–H and O–H groups in total. The molecule has 0 bridgehead atoms. The fourth-order valence-electron chi connectivity index (χ4n) is 3.58. The maximum absolute atomic E-state index is 13.2. The van der Waals surface area contributed by atoms with Crippen molar-refractivity contribution in [1.82, 2.24) is 4.90 Å². The Morgan fingerprint density at radius 1 is 1.00 bits per heavy atom. The molecule has 1 unspecified atom stereocenters. The highest BCUT2D eigenvalue weighted by atomic mass is 16.5. The summed E-state index contributed by atoms with van der Waals surface area (Å²) in [6.45, 7) is 1.90. The number of ether oxygens (including phenoxy) is 1. The van der Waals surface area contributed by atoms with Crippen LogP contribution in [0.3, 0.4) is 0 Å². The van der Waals surface area contributed by atoms with E-state index in [0.717, 1.165) is 21.5 Å². The first-order valence-corrected chi connectivity index (χ1v) is 8.02. The van der Waals surface area contributed by atoms with Gasteiger partial charge in [-0.05, 0) is 34.7 Å². The second-order valence-corrected chi connectivity index (χ2v) is 5.96. The first-order valence-electron chi connectivity index (χ1n) is 8.02. The molecular weight excluding hydrogens is 302 g/mol. The lowest BCUT2D eigenvalue weighted by Crippen LogP contribution is -2.47. The number of nitrogens with zero attached hydrogens (tertiary/aromatic N) is 1. The summed E-state index contributed by atoms with van der Waals surface area (Å²) in [5.41, 5.74) is 1.15. The van der Waals surface area contributed by atoms with Crippen molar-refractivity contribution in [3.05, 3.63) is 59.7 Å². The standard InChI is InChI=1S/C20H17NO3/c1-3-16(24-2)21-19(22)15-10-6-8-13-11-12-7-4-5-9-14(12)18(17(13)15)20(21)23/h4-11,16H,3H2,1-2H3. The largest absolute Gasteiger partial charge is 0.361 e. The van der Waals surface area contributed by atoms with Gasteiger partial charge in [0, 0.05) is 18.1 Å². The number of fused-ring (bicyclic) bond motifs is 2. The summed E-state index contributed by atoms with van der Waals surface area (Å²) in [4.78, 5) is 27.4. The van der Waals surface area contributed by atoms with Gasteiger partial charge in [0.15, 0.2) is 0 Å². The van der Waals surface area contributed by atoms with Crippen molar-refractivity contribution in [3.63, 3.8) is 0 Å². The van der Waals surface area contributed by atoms with Gasteiger partial charge in [0.25, 0.3) is 11.8 Å². The van der Waals surface area contributed by atoms with Crippen LogP contribution in [0, 0.1) is 0 Å². The van der Waals surface area contributed by atoms with E-state index >= 15 is 0 Å². The highest BCUT2D eigenvalue weighted by Gasteiger charge is 2.37. The second kappa shape index (κ2) is 5.42. The molecule has 0 saturated heterocycles. The number of methoxy groups -OCH3 is 1. The molecule has 1 atom stereocenters. The molecule has 1 aliphatic heterocycles. The van der Waals surface area contributed by atoms with Crippen LogP contribution in [0.25, 0.3) is 21.5 Å². The molecule has 3 aromatic rings. The second-order valence-electron chi connectivity index (χ2n) is 5.96. The summed E-state index contributed by atoms with van der Waals surface area (Å²) in [5.74, 6) is -0.573. The molecule has 0 fully saturated rings. The molecule has 4 heteroatoms. The van der Waals surface area contributed by atoms with Gasteiger partial charge in [-0.1, -0.05) is 43.3 Å². The lowest BCUT2D eigenvalue weighted by atomic mass is 9.89. The van der Waals surface area contributed by atoms with Crippen LogP contribution in [0.15, 0.2) is 48.5 Å². The van der Waals surface area contributed by atoms with E-state index in [1.54, 1.807) is 6.07 Å². The molecule has 1 aliphatic rings. The van der Waals surface area contributed by atoms with Gasteiger partial charge < -0.3 is 4.74 Å². The third-order valence-corrected chi connectivity index (χ3v) is 4.68. The Balaban J connectivity index is 2.12. The summed E-state index contributed by atoms with van der Waals surface area (Å²) in [6.07, 6.45) is -0.0169. The lowest BCUT2D eigenvalue weighted by Gasteiger charge is -2.33. The van der Waals surface area contributed by atoms with E-state index in [1.165, 1.54) is 12.0 Å². The van der Waals surface area contributed by atoms with Crippen molar-refractivity contribution in [1.29, 1.82) is 0 Å². The number of hydrogen-bond donors (Lipinski definition) is 0. The Labute approximate surface area is 139 Å². The predicted molar refractivity (Wildman–Crippen MR) is 93.0 cm³/mol. The number of carbonyl (C=O) groups excluding carboxylic acids is 2. The fraction of sp³-hybridized carbons (Fsp3) is 0.200. The molecule has 4 nitrogen and oxygen atoms in total. The maximum atomic E-state index is 13.2. The van der Waals surface area contributed by atoms with Gasteiger partial charge >= 0.3 is 0 Å². The van der Waals surface area contributed by atoms with E-state index in [0.29, 0.717) is 17.5 Å². The molecule has 4 rings (SSSR count). The minimum absolute atomic E-state index is 0.283. The van der Waals surface area contributed by atoms with Crippen LogP contribution in [-0.4, -0.2) is 30.1 Å². The highest BCUT2D eigenvalue weighted by Crippen LogP contribution is 2.36. The first-order chi connectivity index (χ1) is 11.7. The fourth-order valence-corrected chi connectivity index (χ4v) is 3.58. The average Bonchev–Trinajstić information content (AvgIpc) is 2.61. The molecule has 0 aromatic heterocycles. The zero-order chi connectivity index (χ0) is 16.8. The van der Waals surface area contributed by atoms with Crippen molar-refractivity contribution in [3.8, 4) is 0 Å². The maximum Gasteiger partial charge on any atom is 0.264 e. The van der Waals surface area contributed by atoms with Gasteiger partial charge in [-0.25, -0.2) is 4.90 Å². The molecule has 0 aliphatic carbocycles. The Morgan fingerprint density at radius 3 is 2.50 bits per heavy atom. The first kappa shape index (κ1) is 14.8. The van der Waals surface area contributed by atoms with Crippen molar-refractivity contribution >= 4 is 33.4 Å². The smallest absolute Gasteiger partial charge is 0.264 e. The molecule has 120 valence electrons. The molecule has 24 heavy (non-hydrogen) atoms. The quantitative estimate of drug-likeness (QED) is 0.542. The van der Waals surface area contributed by atoms with Gasteiger partial charge in [0.2, 0.25) is 0 Å². The highest BCUT2D eigenvalue weighted by molar-refractivity contribution is 6.30. The van der Waals surface area contributed by atoms with E-state index in [2.05, 4.69) is 0 Å². The van der Waals surface area contributed by atoms with Crippen LogP contribution < -0.4 is 0 Å². The van der Waals surface area contributed by atoms with E-state index in [9.17, 15) is 9.59 Å². The lowest BCUT2D eigenvalue weighted by molar-refractivity contribution is -0.0145. The summed E-state index contributed by atoms with van der Waals surface area (Å²) < 4.78 is 5.39. The van der Waals surface area contributed by atoms with Gasteiger partial charge in [-0.15, -0.1) is 0 Å². The number of rotatable bonds is 3. The van der Waals surface area contributed by atoms with Crippen molar-refractivity contribution < 1.29 is 14.3 Å². The van der Waals surface area contributed by atoms with Crippen LogP contribution >= 0.6 is 0 Å². The topological polar surface area (TPSA) is 46.6 Å². The van der Waals surface area contributed by atoms with Crippen LogP contribution in [0.2, 0.25) is 0 Å². The Hall–Kier alpha value is -2.72. The van der Waals surface area contributed by atoms with E-state index < -0.39 is 6.23 Å². The SMILES string of the molecule is CCC(OC)N1C(=O)c2cccc3cc4ccccc4c(c23)C1=O. The zero-order valence-corrected chi connectivity index (χ0v) is 13.6. The average molecular weight is 319 g/mol. The van der Waals surface area contributed by atoms with E-state index in [-0.39, 0.29) is 11.8 Å². The van der Waals surface area contributed by atoms with Gasteiger partial charge in [-0.3, -0.25) is 9.59 Å². The molecule has 2 amide bonds. The summed E-state index contributed by atoms with van der Waals surface area (Å²) in [7, 11) is 1.52. The Kier molecular flexibility index (Phi) is 3.36. The van der Waals surface area contributed by atoms with E-state index in [1.807, 2.05) is 49.4 Å². The zero-order valence-electron chi connectivity index (χ0n) is 13.6. The van der Waals surface area contributed by atoms with Crippen LogP contribution in [-0.2, 0) is 4.74 Å². The third kappa shape index (κ3) is 1.90. The summed E-state index contributed by atoms with van der Waals surface area (Å²) in [6, 6.07) is 15.4. The van der Waals surface area contributed by atoms with Crippen molar-refractivity contribution in [2.24, 2.45) is 0 Å². The molecule has 0 radical (unpaired) electrons.